The number of hydrogen-bond donors (Lipinski definition) is 2. The molecular formula is C16H12BrClN4O2. The molecule has 0 atom stereocenters. The lowest BCUT2D eigenvalue weighted by molar-refractivity contribution is 0.261. The van der Waals surface area contributed by atoms with Gasteiger partial charge in [-0.1, -0.05) is 50.8 Å². The van der Waals surface area contributed by atoms with E-state index in [1.54, 1.807) is 24.3 Å². The van der Waals surface area contributed by atoms with Crippen LogP contribution in [0.4, 0.5) is 16.5 Å². The Bertz CT molecular complexity index is 851. The Morgan fingerprint density at radius 1 is 1.12 bits per heavy atom. The first kappa shape index (κ1) is 16.5. The van der Waals surface area contributed by atoms with Crippen molar-refractivity contribution in [3.63, 3.8) is 0 Å². The normalized spacial score (nSPS) is 10.4. The van der Waals surface area contributed by atoms with E-state index in [1.807, 2.05) is 24.3 Å². The number of carbonyl (C=O) groups is 1. The van der Waals surface area contributed by atoms with E-state index in [-0.39, 0.29) is 6.01 Å². The van der Waals surface area contributed by atoms with Crippen LogP contribution in [0, 0.1) is 0 Å². The second-order valence-electron chi connectivity index (χ2n) is 4.89. The molecule has 3 rings (SSSR count). The number of urea groups is 1. The topological polar surface area (TPSA) is 80.0 Å². The molecule has 122 valence electrons. The molecule has 0 radical (unpaired) electrons. The first-order chi connectivity index (χ1) is 11.6. The van der Waals surface area contributed by atoms with Gasteiger partial charge in [0.1, 0.15) is 0 Å². The van der Waals surface area contributed by atoms with Crippen molar-refractivity contribution in [1.82, 2.24) is 10.2 Å². The Labute approximate surface area is 151 Å². The third-order valence-electron chi connectivity index (χ3n) is 3.04. The summed E-state index contributed by atoms with van der Waals surface area (Å²) in [5.74, 6) is 0.412. The van der Waals surface area contributed by atoms with Crippen molar-refractivity contribution in [2.24, 2.45) is 0 Å². The second kappa shape index (κ2) is 7.46. The molecule has 2 aromatic carbocycles. The van der Waals surface area contributed by atoms with Gasteiger partial charge in [0.15, 0.2) is 0 Å². The van der Waals surface area contributed by atoms with Crippen molar-refractivity contribution in [2.75, 3.05) is 10.6 Å². The van der Waals surface area contributed by atoms with Gasteiger partial charge in [-0.15, -0.1) is 5.10 Å². The molecule has 0 spiro atoms. The number of hydrogen-bond acceptors (Lipinski definition) is 4. The molecule has 1 heterocycles. The average Bonchev–Trinajstić information content (AvgIpc) is 2.96. The van der Waals surface area contributed by atoms with Crippen LogP contribution in [0.2, 0.25) is 5.02 Å². The summed E-state index contributed by atoms with van der Waals surface area (Å²) in [6.45, 7) is 0. The quantitative estimate of drug-likeness (QED) is 0.656. The molecule has 0 saturated heterocycles. The van der Waals surface area contributed by atoms with Crippen molar-refractivity contribution in [3.8, 4) is 0 Å². The molecule has 2 amide bonds. The third-order valence-corrected chi connectivity index (χ3v) is 3.80. The smallest absolute Gasteiger partial charge is 0.327 e. The lowest BCUT2D eigenvalue weighted by atomic mass is 10.2. The highest BCUT2D eigenvalue weighted by atomic mass is 79.9. The summed E-state index contributed by atoms with van der Waals surface area (Å²) in [4.78, 5) is 11.9. The molecular weight excluding hydrogens is 396 g/mol. The van der Waals surface area contributed by atoms with Crippen molar-refractivity contribution >= 4 is 45.3 Å². The van der Waals surface area contributed by atoms with Gasteiger partial charge >= 0.3 is 12.0 Å². The van der Waals surface area contributed by atoms with E-state index < -0.39 is 6.03 Å². The highest BCUT2D eigenvalue weighted by molar-refractivity contribution is 9.10. The largest absolute Gasteiger partial charge is 0.407 e. The summed E-state index contributed by atoms with van der Waals surface area (Å²) in [5, 5.41) is 13.4. The number of carbonyl (C=O) groups excluding carboxylic acids is 1. The fourth-order valence-electron chi connectivity index (χ4n) is 1.98. The molecule has 0 unspecified atom stereocenters. The van der Waals surface area contributed by atoms with E-state index in [1.165, 1.54) is 0 Å². The van der Waals surface area contributed by atoms with Crippen LogP contribution in [0.25, 0.3) is 0 Å². The van der Waals surface area contributed by atoms with Crippen LogP contribution in [0.1, 0.15) is 11.5 Å². The average molecular weight is 408 g/mol. The maximum atomic E-state index is 11.9. The number of halogens is 2. The van der Waals surface area contributed by atoms with Gasteiger partial charge in [0.05, 0.1) is 6.42 Å². The van der Waals surface area contributed by atoms with Crippen LogP contribution in [-0.2, 0) is 6.42 Å². The molecule has 0 saturated carbocycles. The lowest BCUT2D eigenvalue weighted by Crippen LogP contribution is -2.19. The van der Waals surface area contributed by atoms with E-state index >= 15 is 0 Å². The minimum absolute atomic E-state index is 0.0293. The number of nitrogens with zero attached hydrogens (tertiary/aromatic N) is 2. The van der Waals surface area contributed by atoms with Crippen LogP contribution < -0.4 is 10.6 Å². The van der Waals surface area contributed by atoms with Crippen LogP contribution >= 0.6 is 27.5 Å². The Balaban J connectivity index is 1.59. The molecule has 0 aliphatic rings. The Morgan fingerprint density at radius 3 is 2.67 bits per heavy atom. The monoisotopic (exact) mass is 406 g/mol. The maximum Gasteiger partial charge on any atom is 0.327 e. The van der Waals surface area contributed by atoms with E-state index in [9.17, 15) is 4.79 Å². The molecule has 6 nitrogen and oxygen atoms in total. The zero-order valence-corrected chi connectivity index (χ0v) is 14.6. The Morgan fingerprint density at radius 2 is 1.92 bits per heavy atom. The number of benzene rings is 2. The maximum absolute atomic E-state index is 11.9. The van der Waals surface area contributed by atoms with E-state index in [0.717, 1.165) is 10.0 Å². The molecule has 3 aromatic rings. The Kier molecular flexibility index (Phi) is 5.12. The van der Waals surface area contributed by atoms with Gasteiger partial charge in [-0.3, -0.25) is 5.32 Å². The number of anilines is 2. The molecule has 0 fully saturated rings. The lowest BCUT2D eigenvalue weighted by Gasteiger charge is -2.04. The van der Waals surface area contributed by atoms with Crippen LogP contribution in [0.3, 0.4) is 0 Å². The molecule has 0 aliphatic heterocycles. The van der Waals surface area contributed by atoms with Gasteiger partial charge in [0, 0.05) is 15.2 Å². The van der Waals surface area contributed by atoms with Gasteiger partial charge in [0.25, 0.3) is 0 Å². The summed E-state index contributed by atoms with van der Waals surface area (Å²) in [7, 11) is 0. The molecule has 0 aliphatic carbocycles. The van der Waals surface area contributed by atoms with Gasteiger partial charge in [-0.2, -0.15) is 0 Å². The SMILES string of the molecule is O=C(Nc1cccc(Cl)c1)Nc1nnc(Cc2ccc(Br)cc2)o1. The van der Waals surface area contributed by atoms with E-state index in [4.69, 9.17) is 16.0 Å². The Hall–Kier alpha value is -2.38. The van der Waals surface area contributed by atoms with E-state index in [2.05, 4.69) is 36.8 Å². The fraction of sp³-hybridized carbons (Fsp3) is 0.0625. The predicted octanol–water partition coefficient (Wildman–Crippen LogP) is 4.72. The number of amides is 2. The van der Waals surface area contributed by atoms with Crippen LogP contribution in [0.15, 0.2) is 57.4 Å². The predicted molar refractivity (Wildman–Crippen MR) is 95.3 cm³/mol. The first-order valence-electron chi connectivity index (χ1n) is 6.99. The van der Waals surface area contributed by atoms with Crippen molar-refractivity contribution in [2.45, 2.75) is 6.42 Å². The number of aromatic nitrogens is 2. The molecule has 1 aromatic heterocycles. The summed E-state index contributed by atoms with van der Waals surface area (Å²) >= 11 is 9.24. The molecule has 24 heavy (non-hydrogen) atoms. The minimum Gasteiger partial charge on any atom is -0.407 e. The highest BCUT2D eigenvalue weighted by Gasteiger charge is 2.10. The van der Waals surface area contributed by atoms with Gasteiger partial charge in [0.2, 0.25) is 5.89 Å². The third kappa shape index (κ3) is 4.56. The van der Waals surface area contributed by atoms with Crippen molar-refractivity contribution in [3.05, 3.63) is 69.5 Å². The summed E-state index contributed by atoms with van der Waals surface area (Å²) < 4.78 is 6.42. The summed E-state index contributed by atoms with van der Waals surface area (Å²) in [6, 6.07) is 14.1. The van der Waals surface area contributed by atoms with Crippen molar-refractivity contribution < 1.29 is 9.21 Å². The minimum atomic E-state index is -0.490. The zero-order valence-electron chi connectivity index (χ0n) is 12.3. The standard InChI is InChI=1S/C16H12BrClN4O2/c17-11-6-4-10(5-7-11)8-14-21-22-16(24-14)20-15(23)19-13-3-1-2-12(18)9-13/h1-7,9H,8H2,(H2,19,20,22,23). The summed E-state index contributed by atoms with van der Waals surface area (Å²) in [5.41, 5.74) is 1.59. The number of rotatable bonds is 4. The van der Waals surface area contributed by atoms with Gasteiger partial charge in [-0.25, -0.2) is 4.79 Å². The van der Waals surface area contributed by atoms with Gasteiger partial charge < -0.3 is 9.73 Å². The first-order valence-corrected chi connectivity index (χ1v) is 8.16. The van der Waals surface area contributed by atoms with E-state index in [0.29, 0.717) is 23.0 Å². The summed E-state index contributed by atoms with van der Waals surface area (Å²) in [6.07, 6.45) is 0.484. The fourth-order valence-corrected chi connectivity index (χ4v) is 2.43. The molecule has 8 heteroatoms. The second-order valence-corrected chi connectivity index (χ2v) is 6.25. The van der Waals surface area contributed by atoms with Crippen molar-refractivity contribution in [1.29, 1.82) is 0 Å². The molecule has 0 bridgehead atoms. The van der Waals surface area contributed by atoms with Crippen LogP contribution in [-0.4, -0.2) is 16.2 Å². The highest BCUT2D eigenvalue weighted by Crippen LogP contribution is 2.17. The van der Waals surface area contributed by atoms with Crippen LogP contribution in [0.5, 0.6) is 0 Å². The van der Waals surface area contributed by atoms with Gasteiger partial charge in [-0.05, 0) is 35.9 Å². The molecule has 2 N–H and O–H groups in total. The number of nitrogens with one attached hydrogen (secondary N) is 2. The zero-order chi connectivity index (χ0) is 16.9.